The normalized spacial score (nSPS) is 14.9. The Morgan fingerprint density at radius 2 is 1.90 bits per heavy atom. The van der Waals surface area contributed by atoms with Gasteiger partial charge in [-0.2, -0.15) is 0 Å². The molecule has 1 aliphatic rings. The third-order valence-corrected chi connectivity index (χ3v) is 4.17. The van der Waals surface area contributed by atoms with Crippen LogP contribution < -0.4 is 15.9 Å². The van der Waals surface area contributed by atoms with E-state index in [1.165, 1.54) is 0 Å². The van der Waals surface area contributed by atoms with Crippen LogP contribution in [0.3, 0.4) is 0 Å². The summed E-state index contributed by atoms with van der Waals surface area (Å²) < 4.78 is 0.402. The van der Waals surface area contributed by atoms with E-state index in [2.05, 4.69) is 20.2 Å². The number of hydrogen-bond donors (Lipinski definition) is 3. The molecule has 6 nitrogen and oxygen atoms in total. The lowest BCUT2D eigenvalue weighted by Gasteiger charge is -2.21. The number of hydrogen-bond acceptors (Lipinski definition) is 3. The third-order valence-electron chi connectivity index (χ3n) is 3.47. The largest absolute Gasteiger partial charge is 0.370 e. The molecule has 0 unspecified atom stereocenters. The van der Waals surface area contributed by atoms with Crippen LogP contribution >= 0.6 is 22.6 Å². The van der Waals surface area contributed by atoms with Crippen LogP contribution in [0.4, 0.5) is 11.4 Å². The molecule has 0 radical (unpaired) electrons. The zero-order valence-corrected chi connectivity index (χ0v) is 13.0. The number of anilines is 2. The van der Waals surface area contributed by atoms with Crippen LogP contribution in [0.1, 0.15) is 12.8 Å². The van der Waals surface area contributed by atoms with Crippen molar-refractivity contribution in [3.63, 3.8) is 0 Å². The highest BCUT2D eigenvalue weighted by Crippen LogP contribution is 2.32. The number of carbonyl (C=O) groups excluding carboxylic acids is 1. The Balaban J connectivity index is 2.09. The Kier molecular flexibility index (Phi) is 3.68. The van der Waals surface area contributed by atoms with Gasteiger partial charge in [0.05, 0.1) is 26.8 Å². The predicted octanol–water partition coefficient (Wildman–Crippen LogP) is 1.83. The Morgan fingerprint density at radius 3 is 2.55 bits per heavy atom. The molecule has 20 heavy (non-hydrogen) atoms. The molecule has 2 heterocycles. The molecule has 2 aromatic rings. The van der Waals surface area contributed by atoms with Gasteiger partial charge in [-0.3, -0.25) is 4.79 Å². The maximum atomic E-state index is 11.7. The van der Waals surface area contributed by atoms with Crippen LogP contribution in [-0.4, -0.2) is 33.4 Å². The lowest BCUT2D eigenvalue weighted by atomic mass is 10.2. The number of benzene rings is 1. The van der Waals surface area contributed by atoms with Crippen molar-refractivity contribution in [3.8, 4) is 0 Å². The second-order valence-electron chi connectivity index (χ2n) is 4.87. The Morgan fingerprint density at radius 1 is 1.25 bits per heavy atom. The second kappa shape index (κ2) is 5.47. The van der Waals surface area contributed by atoms with E-state index in [0.717, 1.165) is 42.8 Å². The first-order valence-electron chi connectivity index (χ1n) is 6.54. The molecule has 3 N–H and O–H groups in total. The topological polar surface area (TPSA) is 81.0 Å². The number of nitrogens with one attached hydrogen (secondary N) is 3. The quantitative estimate of drug-likeness (QED) is 0.556. The number of rotatable bonds is 3. The van der Waals surface area contributed by atoms with Gasteiger partial charge in [-0.1, -0.05) is 22.6 Å². The van der Waals surface area contributed by atoms with E-state index in [1.807, 2.05) is 34.7 Å². The smallest absolute Gasteiger partial charge is 0.323 e. The van der Waals surface area contributed by atoms with E-state index in [9.17, 15) is 9.59 Å². The van der Waals surface area contributed by atoms with Gasteiger partial charge in [-0.15, -0.1) is 0 Å². The summed E-state index contributed by atoms with van der Waals surface area (Å²) in [6.07, 6.45) is 2.31. The SMILES string of the molecule is O=C(CI)Nc1cc2[nH]c(=O)[nH]c2cc1N1CCCC1. The number of imidazole rings is 1. The van der Waals surface area contributed by atoms with Crippen molar-refractivity contribution in [2.24, 2.45) is 0 Å². The monoisotopic (exact) mass is 386 g/mol. The van der Waals surface area contributed by atoms with Crippen LogP contribution in [-0.2, 0) is 4.79 Å². The highest BCUT2D eigenvalue weighted by molar-refractivity contribution is 14.1. The zero-order valence-electron chi connectivity index (χ0n) is 10.8. The van der Waals surface area contributed by atoms with Crippen molar-refractivity contribution in [1.82, 2.24) is 9.97 Å². The summed E-state index contributed by atoms with van der Waals surface area (Å²) >= 11 is 2.03. The molecule has 1 fully saturated rings. The van der Waals surface area contributed by atoms with E-state index in [-0.39, 0.29) is 11.6 Å². The second-order valence-corrected chi connectivity index (χ2v) is 5.63. The first-order chi connectivity index (χ1) is 9.67. The van der Waals surface area contributed by atoms with Gasteiger partial charge in [-0.05, 0) is 25.0 Å². The van der Waals surface area contributed by atoms with Crippen LogP contribution in [0.25, 0.3) is 11.0 Å². The predicted molar refractivity (Wildman–Crippen MR) is 87.9 cm³/mol. The molecule has 0 saturated carbocycles. The number of aromatic nitrogens is 2. The molecule has 0 spiro atoms. The van der Waals surface area contributed by atoms with Gasteiger partial charge < -0.3 is 20.2 Å². The minimum absolute atomic E-state index is 0.0386. The van der Waals surface area contributed by atoms with E-state index in [4.69, 9.17) is 0 Å². The van der Waals surface area contributed by atoms with E-state index >= 15 is 0 Å². The molecular formula is C13H15IN4O2. The molecule has 7 heteroatoms. The number of H-pyrrole nitrogens is 2. The molecular weight excluding hydrogens is 371 g/mol. The van der Waals surface area contributed by atoms with Gasteiger partial charge in [0.1, 0.15) is 0 Å². The van der Waals surface area contributed by atoms with Gasteiger partial charge in [0.15, 0.2) is 0 Å². The Labute approximate surface area is 129 Å². The van der Waals surface area contributed by atoms with Gasteiger partial charge in [0.2, 0.25) is 5.91 Å². The van der Waals surface area contributed by atoms with Crippen molar-refractivity contribution >= 4 is 50.9 Å². The van der Waals surface area contributed by atoms with Crippen LogP contribution in [0, 0.1) is 0 Å². The summed E-state index contributed by atoms with van der Waals surface area (Å²) in [6, 6.07) is 3.76. The standard InChI is InChI=1S/C13H15IN4O2/c14-7-12(19)15-10-5-8-9(17-13(20)16-8)6-11(10)18-3-1-2-4-18/h5-6H,1-4,7H2,(H,15,19)(H2,16,17,20). The van der Waals surface area contributed by atoms with Crippen LogP contribution in [0.2, 0.25) is 0 Å². The summed E-state index contributed by atoms with van der Waals surface area (Å²) in [6.45, 7) is 1.96. The molecule has 1 saturated heterocycles. The molecule has 106 valence electrons. The molecule has 1 aromatic carbocycles. The summed E-state index contributed by atoms with van der Waals surface area (Å²) in [5.74, 6) is -0.0386. The summed E-state index contributed by atoms with van der Waals surface area (Å²) in [4.78, 5) is 30.8. The van der Waals surface area contributed by atoms with Crippen molar-refractivity contribution in [1.29, 1.82) is 0 Å². The zero-order chi connectivity index (χ0) is 14.1. The first kappa shape index (κ1) is 13.5. The van der Waals surface area contributed by atoms with Gasteiger partial charge in [0, 0.05) is 13.1 Å². The Bertz CT molecular complexity index is 700. The fourth-order valence-electron chi connectivity index (χ4n) is 2.57. The number of alkyl halides is 1. The third kappa shape index (κ3) is 2.54. The summed E-state index contributed by atoms with van der Waals surface area (Å²) in [5, 5.41) is 2.91. The molecule has 1 amide bonds. The van der Waals surface area contributed by atoms with Crippen LogP contribution in [0.15, 0.2) is 16.9 Å². The Hall–Kier alpha value is -1.51. The maximum absolute atomic E-state index is 11.7. The highest BCUT2D eigenvalue weighted by Gasteiger charge is 2.18. The van der Waals surface area contributed by atoms with E-state index < -0.39 is 0 Å². The van der Waals surface area contributed by atoms with Gasteiger partial charge in [-0.25, -0.2) is 4.79 Å². The van der Waals surface area contributed by atoms with Crippen molar-refractivity contribution in [2.45, 2.75) is 12.8 Å². The lowest BCUT2D eigenvalue weighted by Crippen LogP contribution is -2.21. The fraction of sp³-hybridized carbons (Fsp3) is 0.385. The maximum Gasteiger partial charge on any atom is 0.323 e. The molecule has 1 aromatic heterocycles. The number of carbonyl (C=O) groups is 1. The number of fused-ring (bicyclic) bond motifs is 1. The number of nitrogens with zero attached hydrogens (tertiary/aromatic N) is 1. The number of amides is 1. The minimum atomic E-state index is -0.232. The number of aromatic amines is 2. The fourth-order valence-corrected chi connectivity index (χ4v) is 2.77. The van der Waals surface area contributed by atoms with Gasteiger partial charge >= 0.3 is 5.69 Å². The molecule has 0 aliphatic carbocycles. The van der Waals surface area contributed by atoms with Crippen molar-refractivity contribution < 1.29 is 4.79 Å². The molecule has 1 aliphatic heterocycles. The lowest BCUT2D eigenvalue weighted by molar-refractivity contribution is -0.113. The highest BCUT2D eigenvalue weighted by atomic mass is 127. The summed E-state index contributed by atoms with van der Waals surface area (Å²) in [5.41, 5.74) is 2.98. The minimum Gasteiger partial charge on any atom is -0.370 e. The molecule has 3 rings (SSSR count). The van der Waals surface area contributed by atoms with E-state index in [1.54, 1.807) is 0 Å². The average molecular weight is 386 g/mol. The van der Waals surface area contributed by atoms with E-state index in [0.29, 0.717) is 9.94 Å². The van der Waals surface area contributed by atoms with Crippen molar-refractivity contribution in [3.05, 3.63) is 22.6 Å². The first-order valence-corrected chi connectivity index (χ1v) is 8.07. The summed E-state index contributed by atoms with van der Waals surface area (Å²) in [7, 11) is 0. The average Bonchev–Trinajstić information content (AvgIpc) is 3.05. The number of halogens is 1. The van der Waals surface area contributed by atoms with Crippen LogP contribution in [0.5, 0.6) is 0 Å². The molecule has 0 atom stereocenters. The van der Waals surface area contributed by atoms with Crippen molar-refractivity contribution in [2.75, 3.05) is 27.7 Å². The van der Waals surface area contributed by atoms with Gasteiger partial charge in [0.25, 0.3) is 0 Å². The molecule has 0 bridgehead atoms.